The van der Waals surface area contributed by atoms with E-state index in [4.69, 9.17) is 16.3 Å². The van der Waals surface area contributed by atoms with Gasteiger partial charge in [0.05, 0.1) is 11.6 Å². The number of carbonyl (C=O) groups excluding carboxylic acids is 1. The largest absolute Gasteiger partial charge is 0.490 e. The quantitative estimate of drug-likeness (QED) is 0.755. The molecule has 0 saturated carbocycles. The number of benzene rings is 2. The first-order chi connectivity index (χ1) is 11.1. The van der Waals surface area contributed by atoms with Gasteiger partial charge in [-0.2, -0.15) is 0 Å². The monoisotopic (exact) mass is 332 g/mol. The Balaban J connectivity index is 1.79. The highest BCUT2D eigenvalue weighted by Crippen LogP contribution is 2.24. The van der Waals surface area contributed by atoms with Crippen molar-refractivity contribution in [1.29, 1.82) is 0 Å². The summed E-state index contributed by atoms with van der Waals surface area (Å²) in [5.41, 5.74) is 1.93. The molecule has 4 nitrogen and oxygen atoms in total. The van der Waals surface area contributed by atoms with Crippen molar-refractivity contribution >= 4 is 23.3 Å². The van der Waals surface area contributed by atoms with Crippen LogP contribution in [0, 0.1) is 0 Å². The molecule has 0 atom stereocenters. The fourth-order valence-electron chi connectivity index (χ4n) is 2.17. The van der Waals surface area contributed by atoms with E-state index in [0.717, 1.165) is 11.3 Å². The molecular weight excluding hydrogens is 312 g/mol. The molecule has 2 rings (SSSR count). The highest BCUT2D eigenvalue weighted by atomic mass is 35.5. The zero-order chi connectivity index (χ0) is 16.7. The molecule has 2 aromatic carbocycles. The Bertz CT molecular complexity index is 659. The van der Waals surface area contributed by atoms with Crippen LogP contribution in [0.3, 0.4) is 0 Å². The molecule has 0 saturated heterocycles. The SMILES string of the molecule is CC(C)c1ccccc1NC(=O)NCCOc1ccccc1Cl. The molecule has 0 aromatic heterocycles. The van der Waals surface area contributed by atoms with E-state index in [9.17, 15) is 4.79 Å². The number of anilines is 1. The standard InChI is InChI=1S/C18H21ClN2O2/c1-13(2)14-7-3-5-9-16(14)21-18(22)20-11-12-23-17-10-6-4-8-15(17)19/h3-10,13H,11-12H2,1-2H3,(H2,20,21,22). The molecule has 2 N–H and O–H groups in total. The van der Waals surface area contributed by atoms with E-state index in [0.29, 0.717) is 29.8 Å². The van der Waals surface area contributed by atoms with Crippen molar-refractivity contribution in [3.05, 3.63) is 59.1 Å². The van der Waals surface area contributed by atoms with Crippen LogP contribution in [0.25, 0.3) is 0 Å². The van der Waals surface area contributed by atoms with Gasteiger partial charge in [-0.1, -0.05) is 55.8 Å². The molecule has 2 aromatic rings. The van der Waals surface area contributed by atoms with Crippen molar-refractivity contribution in [3.8, 4) is 5.75 Å². The number of halogens is 1. The summed E-state index contributed by atoms with van der Waals surface area (Å²) in [6.07, 6.45) is 0. The molecule has 5 heteroatoms. The van der Waals surface area contributed by atoms with Crippen molar-refractivity contribution in [2.45, 2.75) is 19.8 Å². The highest BCUT2D eigenvalue weighted by molar-refractivity contribution is 6.32. The van der Waals surface area contributed by atoms with Crippen molar-refractivity contribution in [2.75, 3.05) is 18.5 Å². The number of nitrogens with one attached hydrogen (secondary N) is 2. The van der Waals surface area contributed by atoms with Crippen molar-refractivity contribution in [3.63, 3.8) is 0 Å². The van der Waals surface area contributed by atoms with E-state index in [1.54, 1.807) is 12.1 Å². The fraction of sp³-hybridized carbons (Fsp3) is 0.278. The van der Waals surface area contributed by atoms with Gasteiger partial charge < -0.3 is 15.4 Å². The summed E-state index contributed by atoms with van der Waals surface area (Å²) in [4.78, 5) is 12.0. The average molecular weight is 333 g/mol. The van der Waals surface area contributed by atoms with Gasteiger partial charge in [-0.3, -0.25) is 0 Å². The summed E-state index contributed by atoms with van der Waals surface area (Å²) in [5.74, 6) is 0.955. The van der Waals surface area contributed by atoms with Gasteiger partial charge in [0.1, 0.15) is 12.4 Å². The Morgan fingerprint density at radius 2 is 1.83 bits per heavy atom. The summed E-state index contributed by atoms with van der Waals surface area (Å²) in [6.45, 7) is 4.93. The van der Waals surface area contributed by atoms with Gasteiger partial charge in [0.25, 0.3) is 0 Å². The van der Waals surface area contributed by atoms with E-state index in [1.165, 1.54) is 0 Å². The topological polar surface area (TPSA) is 50.4 Å². The second kappa shape index (κ2) is 8.44. The first-order valence-electron chi connectivity index (χ1n) is 7.59. The molecule has 0 heterocycles. The Kier molecular flexibility index (Phi) is 6.29. The van der Waals surface area contributed by atoms with Crippen LogP contribution in [0.4, 0.5) is 10.5 Å². The minimum atomic E-state index is -0.249. The lowest BCUT2D eigenvalue weighted by atomic mass is 10.0. The molecule has 0 unspecified atom stereocenters. The van der Waals surface area contributed by atoms with Gasteiger partial charge in [0.2, 0.25) is 0 Å². The molecule has 23 heavy (non-hydrogen) atoms. The average Bonchev–Trinajstić information content (AvgIpc) is 2.53. The minimum absolute atomic E-state index is 0.249. The van der Waals surface area contributed by atoms with Gasteiger partial charge in [0, 0.05) is 5.69 Å². The first-order valence-corrected chi connectivity index (χ1v) is 7.97. The molecule has 0 aliphatic heterocycles. The number of hydrogen-bond acceptors (Lipinski definition) is 2. The number of rotatable bonds is 6. The van der Waals surface area contributed by atoms with Crippen LogP contribution in [0.1, 0.15) is 25.3 Å². The normalized spacial score (nSPS) is 10.4. The maximum atomic E-state index is 12.0. The maximum Gasteiger partial charge on any atom is 0.319 e. The second-order valence-corrected chi connectivity index (χ2v) is 5.81. The summed E-state index contributed by atoms with van der Waals surface area (Å²) in [5, 5.41) is 6.20. The second-order valence-electron chi connectivity index (χ2n) is 5.40. The van der Waals surface area contributed by atoms with Crippen molar-refractivity contribution < 1.29 is 9.53 Å². The third-order valence-corrected chi connectivity index (χ3v) is 3.63. The third-order valence-electron chi connectivity index (χ3n) is 3.31. The summed E-state index contributed by atoms with van der Waals surface area (Å²) < 4.78 is 5.52. The molecule has 122 valence electrons. The zero-order valence-electron chi connectivity index (χ0n) is 13.3. The summed E-state index contributed by atoms with van der Waals surface area (Å²) in [7, 11) is 0. The smallest absolute Gasteiger partial charge is 0.319 e. The molecule has 0 fully saturated rings. The Morgan fingerprint density at radius 3 is 2.57 bits per heavy atom. The Labute approximate surface area is 141 Å². The maximum absolute atomic E-state index is 12.0. The highest BCUT2D eigenvalue weighted by Gasteiger charge is 2.08. The molecular formula is C18H21ClN2O2. The van der Waals surface area contributed by atoms with E-state index < -0.39 is 0 Å². The number of amides is 2. The lowest BCUT2D eigenvalue weighted by Crippen LogP contribution is -2.32. The van der Waals surface area contributed by atoms with Crippen LogP contribution in [0.15, 0.2) is 48.5 Å². The molecule has 0 spiro atoms. The van der Waals surface area contributed by atoms with Gasteiger partial charge >= 0.3 is 6.03 Å². The van der Waals surface area contributed by atoms with E-state index in [1.807, 2.05) is 36.4 Å². The van der Waals surface area contributed by atoms with Crippen LogP contribution >= 0.6 is 11.6 Å². The van der Waals surface area contributed by atoms with Crippen LogP contribution < -0.4 is 15.4 Å². The molecule has 2 amide bonds. The number of carbonyl (C=O) groups is 1. The van der Waals surface area contributed by atoms with Crippen LogP contribution in [-0.2, 0) is 0 Å². The van der Waals surface area contributed by atoms with Crippen LogP contribution in [0.2, 0.25) is 5.02 Å². The van der Waals surface area contributed by atoms with Crippen molar-refractivity contribution in [2.24, 2.45) is 0 Å². The van der Waals surface area contributed by atoms with Gasteiger partial charge in [-0.05, 0) is 29.7 Å². The molecule has 0 bridgehead atoms. The lowest BCUT2D eigenvalue weighted by molar-refractivity contribution is 0.247. The third kappa shape index (κ3) is 5.18. The van der Waals surface area contributed by atoms with Crippen LogP contribution in [-0.4, -0.2) is 19.2 Å². The van der Waals surface area contributed by atoms with E-state index >= 15 is 0 Å². The lowest BCUT2D eigenvalue weighted by Gasteiger charge is -2.14. The van der Waals surface area contributed by atoms with E-state index in [2.05, 4.69) is 24.5 Å². The summed E-state index contributed by atoms with van der Waals surface area (Å²) >= 11 is 6.00. The number of para-hydroxylation sites is 2. The Hall–Kier alpha value is -2.20. The number of hydrogen-bond donors (Lipinski definition) is 2. The molecule has 0 radical (unpaired) electrons. The molecule has 0 aliphatic carbocycles. The number of urea groups is 1. The first kappa shape index (κ1) is 17.2. The van der Waals surface area contributed by atoms with Gasteiger partial charge in [-0.25, -0.2) is 4.79 Å². The summed E-state index contributed by atoms with van der Waals surface area (Å²) in [6, 6.07) is 14.8. The minimum Gasteiger partial charge on any atom is -0.490 e. The fourth-order valence-corrected chi connectivity index (χ4v) is 2.36. The van der Waals surface area contributed by atoms with Crippen LogP contribution in [0.5, 0.6) is 5.75 Å². The van der Waals surface area contributed by atoms with Gasteiger partial charge in [0.15, 0.2) is 0 Å². The molecule has 0 aliphatic rings. The zero-order valence-corrected chi connectivity index (χ0v) is 14.1. The van der Waals surface area contributed by atoms with Crippen molar-refractivity contribution in [1.82, 2.24) is 5.32 Å². The predicted molar refractivity (Wildman–Crippen MR) is 94.5 cm³/mol. The number of ether oxygens (including phenoxy) is 1. The van der Waals surface area contributed by atoms with Gasteiger partial charge in [-0.15, -0.1) is 0 Å². The predicted octanol–water partition coefficient (Wildman–Crippen LogP) is 4.66. The Morgan fingerprint density at radius 1 is 1.13 bits per heavy atom. The van der Waals surface area contributed by atoms with E-state index in [-0.39, 0.29) is 6.03 Å².